The average molecular weight is 304 g/mol. The number of pyridine rings is 1. The first kappa shape index (κ1) is 13.8. The third kappa shape index (κ3) is 3.13. The molecule has 21 heavy (non-hydrogen) atoms. The van der Waals surface area contributed by atoms with E-state index < -0.39 is 0 Å². The number of carbonyl (C=O) groups excluding carboxylic acids is 1. The molecule has 1 amide bonds. The van der Waals surface area contributed by atoms with Crippen LogP contribution in [0.15, 0.2) is 34.7 Å². The smallest absolute Gasteiger partial charge is 0.255 e. The van der Waals surface area contributed by atoms with Crippen LogP contribution in [0.5, 0.6) is 0 Å². The molecule has 6 nitrogen and oxygen atoms in total. The molecule has 0 unspecified atom stereocenters. The minimum atomic E-state index is -0.197. The van der Waals surface area contributed by atoms with Gasteiger partial charge in [-0.05, 0) is 12.5 Å². The van der Waals surface area contributed by atoms with Crippen molar-refractivity contribution in [1.29, 1.82) is 0 Å². The van der Waals surface area contributed by atoms with Crippen LogP contribution < -0.4 is 10.5 Å². The highest BCUT2D eigenvalue weighted by molar-refractivity contribution is 7.13. The van der Waals surface area contributed by atoms with Gasteiger partial charge in [0.15, 0.2) is 5.13 Å². The number of rotatable bonds is 2. The molecule has 1 aliphatic heterocycles. The third-order valence-electron chi connectivity index (χ3n) is 3.50. The molecule has 0 aromatic carbocycles. The first-order chi connectivity index (χ1) is 10.2. The van der Waals surface area contributed by atoms with E-state index in [1.807, 2.05) is 10.3 Å². The molecule has 1 aliphatic rings. The van der Waals surface area contributed by atoms with Crippen LogP contribution in [-0.2, 0) is 0 Å². The van der Waals surface area contributed by atoms with E-state index in [4.69, 9.17) is 0 Å². The summed E-state index contributed by atoms with van der Waals surface area (Å²) < 4.78 is 0. The molecule has 0 bridgehead atoms. The minimum absolute atomic E-state index is 0.0350. The van der Waals surface area contributed by atoms with Gasteiger partial charge < -0.3 is 14.8 Å². The van der Waals surface area contributed by atoms with E-state index in [1.165, 1.54) is 12.3 Å². The summed E-state index contributed by atoms with van der Waals surface area (Å²) in [4.78, 5) is 34.4. The van der Waals surface area contributed by atoms with E-state index in [-0.39, 0.29) is 11.5 Å². The van der Waals surface area contributed by atoms with Gasteiger partial charge in [-0.1, -0.05) is 0 Å². The van der Waals surface area contributed by atoms with Crippen molar-refractivity contribution in [3.63, 3.8) is 0 Å². The lowest BCUT2D eigenvalue weighted by atomic mass is 10.2. The quantitative estimate of drug-likeness (QED) is 0.904. The Labute approximate surface area is 126 Å². The fraction of sp³-hybridized carbons (Fsp3) is 0.357. The van der Waals surface area contributed by atoms with Crippen molar-refractivity contribution < 1.29 is 4.79 Å². The number of hydrogen-bond donors (Lipinski definition) is 1. The highest BCUT2D eigenvalue weighted by atomic mass is 32.1. The van der Waals surface area contributed by atoms with Crippen LogP contribution >= 0.6 is 11.3 Å². The van der Waals surface area contributed by atoms with Crippen molar-refractivity contribution in [1.82, 2.24) is 14.9 Å². The zero-order chi connectivity index (χ0) is 14.7. The Morgan fingerprint density at radius 1 is 1.24 bits per heavy atom. The lowest BCUT2D eigenvalue weighted by Gasteiger charge is -2.21. The summed E-state index contributed by atoms with van der Waals surface area (Å²) in [5.41, 5.74) is 0.328. The second kappa shape index (κ2) is 6.09. The summed E-state index contributed by atoms with van der Waals surface area (Å²) in [5, 5.41) is 2.97. The summed E-state index contributed by atoms with van der Waals surface area (Å²) in [5.74, 6) is -0.0350. The molecule has 0 aliphatic carbocycles. The van der Waals surface area contributed by atoms with Crippen molar-refractivity contribution in [2.45, 2.75) is 6.42 Å². The van der Waals surface area contributed by atoms with Crippen molar-refractivity contribution in [3.8, 4) is 0 Å². The SMILES string of the molecule is O=C(c1ccc(=O)[nH]c1)N1CCCN(c2nccs2)CC1. The summed E-state index contributed by atoms with van der Waals surface area (Å²) >= 11 is 1.62. The maximum absolute atomic E-state index is 12.4. The van der Waals surface area contributed by atoms with E-state index in [1.54, 1.807) is 23.6 Å². The number of thiazole rings is 1. The summed E-state index contributed by atoms with van der Waals surface area (Å²) in [6, 6.07) is 2.96. The Bertz CT molecular complexity index is 647. The van der Waals surface area contributed by atoms with Crippen LogP contribution in [0.1, 0.15) is 16.8 Å². The highest BCUT2D eigenvalue weighted by Gasteiger charge is 2.21. The van der Waals surface area contributed by atoms with Crippen molar-refractivity contribution in [2.24, 2.45) is 0 Å². The zero-order valence-electron chi connectivity index (χ0n) is 11.5. The van der Waals surface area contributed by atoms with Gasteiger partial charge in [-0.3, -0.25) is 9.59 Å². The molecule has 7 heteroatoms. The molecule has 0 spiro atoms. The van der Waals surface area contributed by atoms with Gasteiger partial charge in [0.25, 0.3) is 5.91 Å². The Hall–Kier alpha value is -2.15. The minimum Gasteiger partial charge on any atom is -0.346 e. The Morgan fingerprint density at radius 2 is 2.14 bits per heavy atom. The summed E-state index contributed by atoms with van der Waals surface area (Å²) in [6.07, 6.45) is 4.19. The maximum Gasteiger partial charge on any atom is 0.255 e. The van der Waals surface area contributed by atoms with Gasteiger partial charge in [0.2, 0.25) is 5.56 Å². The van der Waals surface area contributed by atoms with Crippen LogP contribution in [0.3, 0.4) is 0 Å². The van der Waals surface area contributed by atoms with Crippen LogP contribution in [0.2, 0.25) is 0 Å². The van der Waals surface area contributed by atoms with Gasteiger partial charge in [0.1, 0.15) is 0 Å². The molecule has 0 saturated carbocycles. The van der Waals surface area contributed by atoms with Crippen LogP contribution in [0.4, 0.5) is 5.13 Å². The predicted molar refractivity (Wildman–Crippen MR) is 81.9 cm³/mol. The third-order valence-corrected chi connectivity index (χ3v) is 4.34. The molecule has 110 valence electrons. The number of amides is 1. The fourth-order valence-electron chi connectivity index (χ4n) is 2.41. The molecule has 2 aromatic heterocycles. The topological polar surface area (TPSA) is 69.3 Å². The number of aromatic nitrogens is 2. The number of anilines is 1. The van der Waals surface area contributed by atoms with Gasteiger partial charge in [-0.2, -0.15) is 0 Å². The highest BCUT2D eigenvalue weighted by Crippen LogP contribution is 2.19. The number of nitrogens with one attached hydrogen (secondary N) is 1. The van der Waals surface area contributed by atoms with Gasteiger partial charge in [-0.15, -0.1) is 11.3 Å². The first-order valence-corrected chi connectivity index (χ1v) is 7.74. The standard InChI is InChI=1S/C14H16N4O2S/c19-12-3-2-11(10-16-12)13(20)17-5-1-6-18(8-7-17)14-15-4-9-21-14/h2-4,9-10H,1,5-8H2,(H,16,19). The lowest BCUT2D eigenvalue weighted by Crippen LogP contribution is -2.35. The van der Waals surface area contributed by atoms with Gasteiger partial charge in [-0.25, -0.2) is 4.98 Å². The summed E-state index contributed by atoms with van der Waals surface area (Å²) in [6.45, 7) is 3.07. The molecule has 1 N–H and O–H groups in total. The monoisotopic (exact) mass is 304 g/mol. The van der Waals surface area contributed by atoms with Crippen molar-refractivity contribution >= 4 is 22.4 Å². The number of hydrogen-bond acceptors (Lipinski definition) is 5. The van der Waals surface area contributed by atoms with Crippen LogP contribution in [-0.4, -0.2) is 47.0 Å². The number of aromatic amines is 1. The normalized spacial score (nSPS) is 15.8. The van der Waals surface area contributed by atoms with Crippen LogP contribution in [0.25, 0.3) is 0 Å². The molecule has 2 aromatic rings. The maximum atomic E-state index is 12.4. The second-order valence-electron chi connectivity index (χ2n) is 4.89. The average Bonchev–Trinajstić information content (AvgIpc) is 2.92. The molecular formula is C14H16N4O2S. The molecule has 3 heterocycles. The van der Waals surface area contributed by atoms with Gasteiger partial charge in [0.05, 0.1) is 5.56 Å². The Morgan fingerprint density at radius 3 is 2.86 bits per heavy atom. The number of carbonyl (C=O) groups is 1. The lowest BCUT2D eigenvalue weighted by molar-refractivity contribution is 0.0766. The van der Waals surface area contributed by atoms with Gasteiger partial charge >= 0.3 is 0 Å². The largest absolute Gasteiger partial charge is 0.346 e. The number of H-pyrrole nitrogens is 1. The van der Waals surface area contributed by atoms with Crippen LogP contribution in [0, 0.1) is 0 Å². The van der Waals surface area contributed by atoms with Gasteiger partial charge in [0, 0.05) is 50.0 Å². The molecule has 0 radical (unpaired) electrons. The predicted octanol–water partition coefficient (Wildman–Crippen LogP) is 1.18. The van der Waals surface area contributed by atoms with E-state index in [9.17, 15) is 9.59 Å². The summed E-state index contributed by atoms with van der Waals surface area (Å²) in [7, 11) is 0. The molecule has 1 fully saturated rings. The molecule has 0 atom stereocenters. The second-order valence-corrected chi connectivity index (χ2v) is 5.76. The van der Waals surface area contributed by atoms with E-state index in [2.05, 4.69) is 14.9 Å². The zero-order valence-corrected chi connectivity index (χ0v) is 12.3. The van der Waals surface area contributed by atoms with Crippen molar-refractivity contribution in [3.05, 3.63) is 45.8 Å². The molecule has 3 rings (SSSR count). The van der Waals surface area contributed by atoms with E-state index in [0.29, 0.717) is 12.1 Å². The fourth-order valence-corrected chi connectivity index (χ4v) is 3.11. The van der Waals surface area contributed by atoms with Crippen molar-refractivity contribution in [2.75, 3.05) is 31.1 Å². The Balaban J connectivity index is 1.68. The molecule has 1 saturated heterocycles. The molecular weight excluding hydrogens is 288 g/mol. The number of nitrogens with zero attached hydrogens (tertiary/aromatic N) is 3. The van der Waals surface area contributed by atoms with E-state index in [0.717, 1.165) is 31.2 Å². The van der Waals surface area contributed by atoms with E-state index >= 15 is 0 Å². The Kier molecular flexibility index (Phi) is 4.01. The first-order valence-electron chi connectivity index (χ1n) is 6.86.